The van der Waals surface area contributed by atoms with Crippen molar-refractivity contribution in [3.8, 4) is 102 Å². The molecule has 4 heterocycles. The van der Waals surface area contributed by atoms with E-state index < -0.39 is 0 Å². The summed E-state index contributed by atoms with van der Waals surface area (Å²) < 4.78 is 0. The van der Waals surface area contributed by atoms with Gasteiger partial charge in [0.05, 0.1) is 57.8 Å². The SMILES string of the molecule is [C-]#[N+]c1ccc(-c2cc(-c3cc(-c4ccccc4)nc(-c4ccccc4)n3)cc(-c3cc(-c4ccccc4)nc(-c4ccccc4)n3)c2N2c3ccccc3N(c3nc(-c4ccccc4)nc(-c4ccccc4)n3)c3ccccc32)cc1. The molecule has 0 N–H and O–H groups in total. The van der Waals surface area contributed by atoms with Gasteiger partial charge >= 0.3 is 0 Å². The van der Waals surface area contributed by atoms with Gasteiger partial charge in [-0.15, -0.1) is 0 Å². The molecule has 0 radical (unpaired) electrons. The highest BCUT2D eigenvalue weighted by Crippen LogP contribution is 2.58. The van der Waals surface area contributed by atoms with E-state index in [1.165, 1.54) is 0 Å². The van der Waals surface area contributed by atoms with Gasteiger partial charge in [-0.05, 0) is 54.1 Å². The zero-order valence-corrected chi connectivity index (χ0v) is 44.0. The van der Waals surface area contributed by atoms with Gasteiger partial charge in [-0.25, -0.2) is 29.8 Å². The average Bonchev–Trinajstić information content (AvgIpc) is 3.64. The van der Waals surface area contributed by atoms with Crippen LogP contribution >= 0.6 is 0 Å². The third-order valence-electron chi connectivity index (χ3n) is 14.5. The van der Waals surface area contributed by atoms with Crippen LogP contribution in [0.3, 0.4) is 0 Å². The molecule has 1 aliphatic heterocycles. The minimum atomic E-state index is 0.459. The normalized spacial score (nSPS) is 11.6. The van der Waals surface area contributed by atoms with Crippen LogP contribution in [-0.2, 0) is 0 Å². The number of hydrogen-bond acceptors (Lipinski definition) is 9. The van der Waals surface area contributed by atoms with Gasteiger partial charge < -0.3 is 4.90 Å². The molecule has 13 aromatic rings. The third kappa shape index (κ3) is 9.36. The Morgan fingerprint density at radius 2 is 0.585 bits per heavy atom. The van der Waals surface area contributed by atoms with Gasteiger partial charge in [0.25, 0.3) is 0 Å². The first-order chi connectivity index (χ1) is 40.6. The summed E-state index contributed by atoms with van der Waals surface area (Å²) >= 11 is 0. The quantitative estimate of drug-likeness (QED) is 0.117. The number of para-hydroxylation sites is 4. The predicted molar refractivity (Wildman–Crippen MR) is 329 cm³/mol. The molecular weight excluding hydrogens is 1000 g/mol. The summed E-state index contributed by atoms with van der Waals surface area (Å²) in [4.78, 5) is 45.5. The second-order valence-electron chi connectivity index (χ2n) is 19.6. The number of aromatic nitrogens is 7. The number of hydrogen-bond donors (Lipinski definition) is 0. The van der Waals surface area contributed by atoms with Crippen LogP contribution in [0.2, 0.25) is 0 Å². The molecule has 1 aliphatic rings. The fourth-order valence-corrected chi connectivity index (χ4v) is 10.6. The van der Waals surface area contributed by atoms with Gasteiger partial charge in [0.15, 0.2) is 29.0 Å². The van der Waals surface area contributed by atoms with Crippen molar-refractivity contribution in [2.75, 3.05) is 9.80 Å². The number of fused-ring (bicyclic) bond motifs is 2. The Labute approximate surface area is 474 Å². The minimum absolute atomic E-state index is 0.459. The van der Waals surface area contributed by atoms with Crippen molar-refractivity contribution in [1.82, 2.24) is 34.9 Å². The molecule has 10 nitrogen and oxygen atoms in total. The van der Waals surface area contributed by atoms with E-state index in [0.717, 1.165) is 95.5 Å². The molecular formula is C72H46N10. The lowest BCUT2D eigenvalue weighted by Crippen LogP contribution is -2.26. The van der Waals surface area contributed by atoms with Crippen LogP contribution in [0, 0.1) is 6.57 Å². The smallest absolute Gasteiger partial charge is 0.238 e. The largest absolute Gasteiger partial charge is 0.305 e. The first-order valence-corrected chi connectivity index (χ1v) is 26.9. The summed E-state index contributed by atoms with van der Waals surface area (Å²) in [5.41, 5.74) is 16.4. The van der Waals surface area contributed by atoms with Crippen molar-refractivity contribution in [3.05, 3.63) is 290 Å². The Hall–Kier alpha value is -11.5. The van der Waals surface area contributed by atoms with Gasteiger partial charge in [0, 0.05) is 50.1 Å². The molecule has 3 aromatic heterocycles. The van der Waals surface area contributed by atoms with E-state index >= 15 is 0 Å². The molecule has 10 aromatic carbocycles. The second-order valence-corrected chi connectivity index (χ2v) is 19.6. The molecule has 0 saturated carbocycles. The Balaban J connectivity index is 1.08. The zero-order valence-electron chi connectivity index (χ0n) is 44.0. The minimum Gasteiger partial charge on any atom is -0.305 e. The van der Waals surface area contributed by atoms with Crippen LogP contribution in [-0.4, -0.2) is 34.9 Å². The molecule has 10 heteroatoms. The Morgan fingerprint density at radius 1 is 0.256 bits per heavy atom. The van der Waals surface area contributed by atoms with Crippen molar-refractivity contribution in [1.29, 1.82) is 0 Å². The molecule has 0 fully saturated rings. The number of rotatable bonds is 11. The van der Waals surface area contributed by atoms with Gasteiger partial charge in [-0.1, -0.05) is 231 Å². The molecule has 14 rings (SSSR count). The first-order valence-electron chi connectivity index (χ1n) is 26.9. The van der Waals surface area contributed by atoms with Gasteiger partial charge in [0.2, 0.25) is 5.95 Å². The summed E-state index contributed by atoms with van der Waals surface area (Å²) in [7, 11) is 0. The van der Waals surface area contributed by atoms with Gasteiger partial charge in [-0.2, -0.15) is 9.97 Å². The van der Waals surface area contributed by atoms with Crippen LogP contribution in [0.1, 0.15) is 0 Å². The maximum atomic E-state index is 8.02. The first kappa shape index (κ1) is 48.8. The highest BCUT2D eigenvalue weighted by molar-refractivity contribution is 6.07. The monoisotopic (exact) mass is 1050 g/mol. The summed E-state index contributed by atoms with van der Waals surface area (Å²) in [5, 5.41) is 0. The molecule has 82 heavy (non-hydrogen) atoms. The van der Waals surface area contributed by atoms with Crippen molar-refractivity contribution >= 4 is 40.1 Å². The average molecular weight is 1050 g/mol. The fraction of sp³-hybridized carbons (Fsp3) is 0. The molecule has 0 bridgehead atoms. The molecule has 0 spiro atoms. The Bertz CT molecular complexity index is 4280. The van der Waals surface area contributed by atoms with Gasteiger partial charge in [0.1, 0.15) is 0 Å². The second kappa shape index (κ2) is 21.4. The predicted octanol–water partition coefficient (Wildman–Crippen LogP) is 18.3. The molecule has 0 unspecified atom stereocenters. The summed E-state index contributed by atoms with van der Waals surface area (Å²) in [5.74, 6) is 2.72. The van der Waals surface area contributed by atoms with Crippen molar-refractivity contribution in [2.24, 2.45) is 0 Å². The van der Waals surface area contributed by atoms with Crippen molar-refractivity contribution in [3.63, 3.8) is 0 Å². The molecule has 384 valence electrons. The topological polar surface area (TPSA) is 101 Å². The van der Waals surface area contributed by atoms with Crippen LogP contribution in [0.25, 0.3) is 107 Å². The summed E-state index contributed by atoms with van der Waals surface area (Å²) in [6.45, 7) is 8.02. The zero-order chi connectivity index (χ0) is 54.8. The van der Waals surface area contributed by atoms with E-state index in [0.29, 0.717) is 46.3 Å². The lowest BCUT2D eigenvalue weighted by atomic mass is 9.91. The Morgan fingerprint density at radius 3 is 1.00 bits per heavy atom. The molecule has 0 amide bonds. The van der Waals surface area contributed by atoms with E-state index in [4.69, 9.17) is 41.5 Å². The van der Waals surface area contributed by atoms with E-state index in [-0.39, 0.29) is 0 Å². The number of benzene rings is 10. The van der Waals surface area contributed by atoms with Crippen molar-refractivity contribution < 1.29 is 0 Å². The van der Waals surface area contributed by atoms with Crippen LogP contribution < -0.4 is 9.80 Å². The molecule has 0 saturated heterocycles. The van der Waals surface area contributed by atoms with Crippen LogP contribution in [0.15, 0.2) is 279 Å². The number of anilines is 6. The van der Waals surface area contributed by atoms with E-state index in [1.54, 1.807) is 0 Å². The third-order valence-corrected chi connectivity index (χ3v) is 14.5. The van der Waals surface area contributed by atoms with Gasteiger partial charge in [-0.3, -0.25) is 4.90 Å². The lowest BCUT2D eigenvalue weighted by Gasteiger charge is -2.40. The number of nitrogens with zero attached hydrogens (tertiary/aromatic N) is 10. The molecule has 0 atom stereocenters. The van der Waals surface area contributed by atoms with E-state index in [9.17, 15) is 0 Å². The lowest BCUT2D eigenvalue weighted by molar-refractivity contribution is 1.01. The maximum Gasteiger partial charge on any atom is 0.238 e. The summed E-state index contributed by atoms with van der Waals surface area (Å²) in [6.07, 6.45) is 0. The fourth-order valence-electron chi connectivity index (χ4n) is 10.6. The Kier molecular flexibility index (Phi) is 12.7. The van der Waals surface area contributed by atoms with Crippen molar-refractivity contribution in [2.45, 2.75) is 0 Å². The van der Waals surface area contributed by atoms with E-state index in [1.807, 2.05) is 182 Å². The van der Waals surface area contributed by atoms with Crippen LogP contribution in [0.5, 0.6) is 0 Å². The highest BCUT2D eigenvalue weighted by atomic mass is 15.3. The molecule has 0 aliphatic carbocycles. The standard InChI is InChI=1S/C72H46N10/c1-73-56-42-40-48(41-43-56)57-44-55(61-46-59(49-24-8-2-9-25-49)74-68(76-61)51-28-12-4-13-29-51)45-58(62-47-60(50-26-10-3-11-27-50)75-69(77-62)52-30-14-5-15-31-52)67(57)81-63-36-20-22-38-65(63)82(66-39-23-21-37-64(66)81)72-79-70(53-32-16-6-17-33-53)78-71(80-72)54-34-18-7-19-35-54/h2-47H. The van der Waals surface area contributed by atoms with E-state index in [2.05, 4.69) is 112 Å². The highest BCUT2D eigenvalue weighted by Gasteiger charge is 2.36. The maximum absolute atomic E-state index is 8.02. The summed E-state index contributed by atoms with van der Waals surface area (Å²) in [6, 6.07) is 94.0. The van der Waals surface area contributed by atoms with Crippen LogP contribution in [0.4, 0.5) is 40.1 Å².